The third-order valence-electron chi connectivity index (χ3n) is 4.66. The molecule has 0 saturated heterocycles. The van der Waals surface area contributed by atoms with Crippen LogP contribution in [0.25, 0.3) is 11.5 Å². The van der Waals surface area contributed by atoms with E-state index in [-0.39, 0.29) is 44.2 Å². The van der Waals surface area contributed by atoms with Crippen molar-refractivity contribution in [1.82, 2.24) is 15.0 Å². The number of pyridine rings is 1. The number of rotatable bonds is 8. The van der Waals surface area contributed by atoms with Crippen LogP contribution in [0.4, 0.5) is 27.8 Å². The maximum atomic E-state index is 13.9. The molecule has 3 aromatic rings. The van der Waals surface area contributed by atoms with Gasteiger partial charge in [-0.15, -0.1) is 11.3 Å². The fraction of sp³-hybridized carbons (Fsp3) is 0.300. The number of esters is 1. The zero-order chi connectivity index (χ0) is 26.0. The molecule has 0 unspecified atom stereocenters. The maximum Gasteiger partial charge on any atom is 0.458 e. The largest absolute Gasteiger partial charge is 0.465 e. The zero-order valence-corrected chi connectivity index (χ0v) is 19.7. The molecule has 35 heavy (non-hydrogen) atoms. The molecule has 8 nitrogen and oxygen atoms in total. The smallest absolute Gasteiger partial charge is 0.458 e. The van der Waals surface area contributed by atoms with Crippen LogP contribution < -0.4 is 5.32 Å². The number of methoxy groups -OCH3 is 1. The SMILES string of the molecule is CCS(=O)(=O)c1ccc(-c2ncccn2)nc1NCc1sc(C(F)(F)C(F)(F)F)cc1C(=O)OC. The van der Waals surface area contributed by atoms with Gasteiger partial charge < -0.3 is 10.1 Å². The zero-order valence-electron chi connectivity index (χ0n) is 18.1. The standard InChI is InChI=1S/C20H17F5N4O4S2/c1-3-35(31,32)14-6-5-12(16-26-7-4-8-27-16)29-17(14)28-10-13-11(18(30)33-2)9-15(34-13)19(21,22)20(23,24)25/h4-9H,3,10H2,1-2H3,(H,28,29). The molecule has 1 N–H and O–H groups in total. The molecule has 0 saturated carbocycles. The van der Waals surface area contributed by atoms with E-state index in [4.69, 9.17) is 0 Å². The first kappa shape index (κ1) is 26.4. The van der Waals surface area contributed by atoms with E-state index in [0.717, 1.165) is 7.11 Å². The molecular formula is C20H17F5N4O4S2. The van der Waals surface area contributed by atoms with Crippen LogP contribution in [0.15, 0.2) is 41.6 Å². The lowest BCUT2D eigenvalue weighted by atomic mass is 10.2. The highest BCUT2D eigenvalue weighted by Crippen LogP contribution is 2.47. The molecular weight excluding hydrogens is 519 g/mol. The van der Waals surface area contributed by atoms with Crippen LogP contribution in [-0.2, 0) is 27.0 Å². The third kappa shape index (κ3) is 5.40. The summed E-state index contributed by atoms with van der Waals surface area (Å²) in [4.78, 5) is 22.4. The molecule has 3 rings (SSSR count). The normalized spacial score (nSPS) is 12.4. The molecule has 0 aliphatic rings. The van der Waals surface area contributed by atoms with Gasteiger partial charge >= 0.3 is 18.1 Å². The fourth-order valence-corrected chi connectivity index (χ4v) is 4.92. The maximum absolute atomic E-state index is 13.9. The van der Waals surface area contributed by atoms with E-state index in [1.165, 1.54) is 31.5 Å². The quantitative estimate of drug-likeness (QED) is 0.332. The molecule has 0 aliphatic carbocycles. The van der Waals surface area contributed by atoms with E-state index in [2.05, 4.69) is 25.0 Å². The van der Waals surface area contributed by atoms with E-state index < -0.39 is 44.9 Å². The molecule has 0 atom stereocenters. The number of ether oxygens (including phenoxy) is 1. The van der Waals surface area contributed by atoms with Gasteiger partial charge in [0.15, 0.2) is 15.7 Å². The minimum absolute atomic E-state index is 0.0407. The predicted octanol–water partition coefficient (Wildman–Crippen LogP) is 4.45. The van der Waals surface area contributed by atoms with Crippen LogP contribution in [0.5, 0.6) is 0 Å². The molecule has 0 fully saturated rings. The molecule has 0 bridgehead atoms. The highest BCUT2D eigenvalue weighted by Gasteiger charge is 2.60. The average molecular weight is 537 g/mol. The summed E-state index contributed by atoms with van der Waals surface area (Å²) in [5.41, 5.74) is -0.349. The Kier molecular flexibility index (Phi) is 7.40. The summed E-state index contributed by atoms with van der Waals surface area (Å²) in [6, 6.07) is 4.58. The van der Waals surface area contributed by atoms with Crippen molar-refractivity contribution in [3.8, 4) is 11.5 Å². The van der Waals surface area contributed by atoms with Gasteiger partial charge in [0.05, 0.1) is 29.8 Å². The van der Waals surface area contributed by atoms with Crippen molar-refractivity contribution in [2.75, 3.05) is 18.2 Å². The Hall–Kier alpha value is -3.20. The van der Waals surface area contributed by atoms with E-state index in [9.17, 15) is 35.2 Å². The number of carbonyl (C=O) groups is 1. The minimum atomic E-state index is -5.89. The van der Waals surface area contributed by atoms with Crippen LogP contribution in [0.2, 0.25) is 0 Å². The second-order valence-corrected chi connectivity index (χ2v) is 10.3. The summed E-state index contributed by atoms with van der Waals surface area (Å²) < 4.78 is 96.0. The Morgan fingerprint density at radius 3 is 2.37 bits per heavy atom. The van der Waals surface area contributed by atoms with Crippen LogP contribution in [0, 0.1) is 0 Å². The monoisotopic (exact) mass is 536 g/mol. The second-order valence-electron chi connectivity index (χ2n) is 6.88. The number of anilines is 1. The van der Waals surface area contributed by atoms with E-state index in [1.807, 2.05) is 0 Å². The van der Waals surface area contributed by atoms with Crippen molar-refractivity contribution in [2.45, 2.75) is 30.5 Å². The number of sulfone groups is 1. The van der Waals surface area contributed by atoms with Crippen molar-refractivity contribution in [3.63, 3.8) is 0 Å². The number of halogens is 5. The molecule has 15 heteroatoms. The van der Waals surface area contributed by atoms with E-state index in [1.54, 1.807) is 6.07 Å². The number of thiophene rings is 1. The van der Waals surface area contributed by atoms with Gasteiger partial charge in [0, 0.05) is 17.3 Å². The highest BCUT2D eigenvalue weighted by molar-refractivity contribution is 7.91. The van der Waals surface area contributed by atoms with Crippen molar-refractivity contribution in [2.24, 2.45) is 0 Å². The molecule has 0 radical (unpaired) electrons. The summed E-state index contributed by atoms with van der Waals surface area (Å²) in [5, 5.41) is 2.63. The van der Waals surface area contributed by atoms with Crippen LogP contribution in [-0.4, -0.2) is 48.4 Å². The van der Waals surface area contributed by atoms with Crippen molar-refractivity contribution in [3.05, 3.63) is 52.0 Å². The van der Waals surface area contributed by atoms with Crippen LogP contribution >= 0.6 is 11.3 Å². The Balaban J connectivity index is 2.05. The van der Waals surface area contributed by atoms with Gasteiger partial charge in [-0.3, -0.25) is 0 Å². The highest BCUT2D eigenvalue weighted by atomic mass is 32.2. The summed E-state index contributed by atoms with van der Waals surface area (Å²) in [6.45, 7) is 0.898. The van der Waals surface area contributed by atoms with Crippen molar-refractivity contribution < 1.29 is 39.9 Å². The Morgan fingerprint density at radius 2 is 1.80 bits per heavy atom. The van der Waals surface area contributed by atoms with Crippen molar-refractivity contribution in [1.29, 1.82) is 0 Å². The van der Waals surface area contributed by atoms with Gasteiger partial charge in [-0.25, -0.2) is 28.2 Å². The number of carbonyl (C=O) groups excluding carboxylic acids is 1. The molecule has 188 valence electrons. The van der Waals surface area contributed by atoms with Gasteiger partial charge in [-0.2, -0.15) is 22.0 Å². The first-order valence-electron chi connectivity index (χ1n) is 9.73. The lowest BCUT2D eigenvalue weighted by molar-refractivity contribution is -0.287. The number of aromatic nitrogens is 3. The number of alkyl halides is 5. The number of nitrogens with one attached hydrogen (secondary N) is 1. The van der Waals surface area contributed by atoms with E-state index in [0.29, 0.717) is 6.07 Å². The predicted molar refractivity (Wildman–Crippen MR) is 116 cm³/mol. The molecule has 3 heterocycles. The van der Waals surface area contributed by atoms with Gasteiger partial charge in [-0.05, 0) is 24.3 Å². The van der Waals surface area contributed by atoms with Gasteiger partial charge in [-0.1, -0.05) is 6.92 Å². The summed E-state index contributed by atoms with van der Waals surface area (Å²) >= 11 is 0.0407. The minimum Gasteiger partial charge on any atom is -0.465 e. The first-order valence-corrected chi connectivity index (χ1v) is 12.2. The lowest BCUT2D eigenvalue weighted by Crippen LogP contribution is -2.32. The van der Waals surface area contributed by atoms with Crippen LogP contribution in [0.3, 0.4) is 0 Å². The Morgan fingerprint density at radius 1 is 1.14 bits per heavy atom. The summed E-state index contributed by atoms with van der Waals surface area (Å²) in [5.74, 6) is -6.69. The molecule has 0 amide bonds. The van der Waals surface area contributed by atoms with Crippen LogP contribution in [0.1, 0.15) is 27.0 Å². The molecule has 0 spiro atoms. The summed E-state index contributed by atoms with van der Waals surface area (Å²) in [6.07, 6.45) is -3.02. The van der Waals surface area contributed by atoms with E-state index >= 15 is 0 Å². The van der Waals surface area contributed by atoms with Gasteiger partial charge in [0.1, 0.15) is 16.4 Å². The van der Waals surface area contributed by atoms with Gasteiger partial charge in [0.2, 0.25) is 0 Å². The molecule has 3 aromatic heterocycles. The summed E-state index contributed by atoms with van der Waals surface area (Å²) in [7, 11) is -2.88. The second kappa shape index (κ2) is 9.81. The number of hydrogen-bond donors (Lipinski definition) is 1. The third-order valence-corrected chi connectivity index (χ3v) is 7.63. The first-order chi connectivity index (χ1) is 16.3. The molecule has 0 aromatic carbocycles. The Labute approximate surface area is 200 Å². The fourth-order valence-electron chi connectivity index (χ4n) is 2.84. The topological polar surface area (TPSA) is 111 Å². The molecule has 0 aliphatic heterocycles. The number of nitrogens with zero attached hydrogens (tertiary/aromatic N) is 3. The number of hydrogen-bond acceptors (Lipinski definition) is 9. The Bertz CT molecular complexity index is 1330. The lowest BCUT2D eigenvalue weighted by Gasteiger charge is -2.17. The van der Waals surface area contributed by atoms with Gasteiger partial charge in [0.25, 0.3) is 0 Å². The van der Waals surface area contributed by atoms with Crippen molar-refractivity contribution >= 4 is 33.0 Å². The average Bonchev–Trinajstić information content (AvgIpc) is 3.27.